The lowest BCUT2D eigenvalue weighted by atomic mass is 9.87. The zero-order valence-electron chi connectivity index (χ0n) is 26.1. The lowest BCUT2D eigenvalue weighted by Gasteiger charge is -2.42. The normalized spacial score (nSPS) is 23.1. The number of piperazine rings is 1. The summed E-state index contributed by atoms with van der Waals surface area (Å²) in [6, 6.07) is 3.71. The molecule has 0 aromatic heterocycles. The van der Waals surface area contributed by atoms with E-state index in [-0.39, 0.29) is 35.2 Å². The molecule has 10 heteroatoms. The summed E-state index contributed by atoms with van der Waals surface area (Å²) in [5.41, 5.74) is -0.350. The molecule has 230 valence electrons. The minimum absolute atomic E-state index is 0.0272. The van der Waals surface area contributed by atoms with Gasteiger partial charge in [-0.25, -0.2) is 9.18 Å². The average Bonchev–Trinajstić information content (AvgIpc) is 3.27. The molecule has 1 aromatic carbocycles. The molecule has 4 atom stereocenters. The molecule has 41 heavy (non-hydrogen) atoms. The minimum atomic E-state index is -0.720. The Hall–Kier alpha value is -2.39. The van der Waals surface area contributed by atoms with Crippen LogP contribution in [0.15, 0.2) is 18.2 Å². The van der Waals surface area contributed by atoms with Crippen molar-refractivity contribution in [1.29, 1.82) is 0 Å². The van der Waals surface area contributed by atoms with E-state index in [4.69, 9.17) is 16.3 Å². The summed E-state index contributed by atoms with van der Waals surface area (Å²) >= 11 is 6.02. The van der Waals surface area contributed by atoms with Crippen LogP contribution in [-0.4, -0.2) is 88.6 Å². The van der Waals surface area contributed by atoms with Gasteiger partial charge in [0, 0.05) is 55.2 Å². The molecule has 2 fully saturated rings. The molecule has 0 radical (unpaired) electrons. The summed E-state index contributed by atoms with van der Waals surface area (Å²) in [5.74, 6) is -1.14. The van der Waals surface area contributed by atoms with Gasteiger partial charge in [0.15, 0.2) is 0 Å². The van der Waals surface area contributed by atoms with Gasteiger partial charge in [-0.3, -0.25) is 14.5 Å². The van der Waals surface area contributed by atoms with Crippen LogP contribution in [-0.2, 0) is 14.3 Å². The first-order valence-corrected chi connectivity index (χ1v) is 15.0. The fourth-order valence-corrected chi connectivity index (χ4v) is 5.94. The van der Waals surface area contributed by atoms with Crippen LogP contribution in [0.3, 0.4) is 0 Å². The van der Waals surface area contributed by atoms with E-state index in [1.165, 1.54) is 6.07 Å². The topological polar surface area (TPSA) is 82.2 Å². The monoisotopic (exact) mass is 594 g/mol. The van der Waals surface area contributed by atoms with Crippen LogP contribution in [0.25, 0.3) is 0 Å². The number of halogens is 2. The number of hydrogen-bond acceptors (Lipinski definition) is 5. The molecule has 2 aliphatic rings. The van der Waals surface area contributed by atoms with Gasteiger partial charge >= 0.3 is 6.09 Å². The third kappa shape index (κ3) is 8.57. The smallest absolute Gasteiger partial charge is 0.408 e. The van der Waals surface area contributed by atoms with Crippen molar-refractivity contribution in [2.45, 2.75) is 97.9 Å². The lowest BCUT2D eigenvalue weighted by molar-refractivity contribution is -0.146. The largest absolute Gasteiger partial charge is 0.444 e. The third-order valence-corrected chi connectivity index (χ3v) is 8.10. The molecule has 0 bridgehead atoms. The second kappa shape index (κ2) is 12.9. The molecule has 8 nitrogen and oxygen atoms in total. The number of carbonyl (C=O) groups is 3. The Balaban J connectivity index is 1.75. The molecule has 0 saturated carbocycles. The lowest BCUT2D eigenvalue weighted by Crippen LogP contribution is -2.60. The van der Waals surface area contributed by atoms with E-state index >= 15 is 4.39 Å². The number of alkyl carbamates (subject to hydrolysis) is 1. The van der Waals surface area contributed by atoms with Gasteiger partial charge in [0.25, 0.3) is 0 Å². The van der Waals surface area contributed by atoms with Crippen LogP contribution < -0.4 is 5.32 Å². The van der Waals surface area contributed by atoms with Crippen molar-refractivity contribution in [3.05, 3.63) is 34.6 Å². The highest BCUT2D eigenvalue weighted by Crippen LogP contribution is 2.39. The van der Waals surface area contributed by atoms with Crippen molar-refractivity contribution >= 4 is 29.5 Å². The standard InChI is InChI=1S/C31H48ClFN4O4/c1-19(2)14-26(34-29(40)41-31(7,8)9)28(39)37-13-12-35(16-20(37)3)27(38)24-18-36(30(4,5)6)17-23(24)22-11-10-21(32)15-25(22)33/h10-11,15,19-20,23-24,26H,12-14,16-18H2,1-9H3,(H,34,40)/t20-,23+,24-,26+/m1/s1. The first kappa shape index (κ1) is 33.1. The van der Waals surface area contributed by atoms with Gasteiger partial charge < -0.3 is 19.9 Å². The SMILES string of the molecule is CC(C)C[C@H](NC(=O)OC(C)(C)C)C(=O)N1CCN(C(=O)[C@@H]2CN(C(C)(C)C)C[C@H]2c2ccc(Cl)cc2F)C[C@H]1C. The third-order valence-electron chi connectivity index (χ3n) is 7.87. The second-order valence-corrected chi connectivity index (χ2v) is 14.4. The summed E-state index contributed by atoms with van der Waals surface area (Å²) in [4.78, 5) is 45.9. The van der Waals surface area contributed by atoms with Crippen LogP contribution in [0.5, 0.6) is 0 Å². The molecule has 2 heterocycles. The molecular formula is C31H48ClFN4O4. The zero-order valence-corrected chi connectivity index (χ0v) is 26.8. The number of carbonyl (C=O) groups excluding carboxylic acids is 3. The number of likely N-dealkylation sites (tertiary alicyclic amines) is 1. The molecule has 0 unspecified atom stereocenters. The van der Waals surface area contributed by atoms with Crippen molar-refractivity contribution < 1.29 is 23.5 Å². The van der Waals surface area contributed by atoms with Crippen molar-refractivity contribution in [2.75, 3.05) is 32.7 Å². The van der Waals surface area contributed by atoms with Crippen LogP contribution in [0.2, 0.25) is 5.02 Å². The summed E-state index contributed by atoms with van der Waals surface area (Å²) in [6.07, 6.45) is -0.147. The molecule has 1 aromatic rings. The van der Waals surface area contributed by atoms with Crippen LogP contribution >= 0.6 is 11.6 Å². The summed E-state index contributed by atoms with van der Waals surface area (Å²) in [6.45, 7) is 19.7. The number of amides is 3. The predicted molar refractivity (Wildman–Crippen MR) is 159 cm³/mol. The fraction of sp³-hybridized carbons (Fsp3) is 0.710. The predicted octanol–water partition coefficient (Wildman–Crippen LogP) is 5.29. The number of ether oxygens (including phenoxy) is 1. The Morgan fingerprint density at radius 1 is 1.07 bits per heavy atom. The Morgan fingerprint density at radius 3 is 2.27 bits per heavy atom. The van der Waals surface area contributed by atoms with Crippen LogP contribution in [0, 0.1) is 17.7 Å². The molecule has 0 spiro atoms. The molecule has 3 rings (SSSR count). The zero-order chi connectivity index (χ0) is 30.9. The average molecular weight is 595 g/mol. The van der Waals surface area contributed by atoms with Crippen molar-refractivity contribution in [2.24, 2.45) is 11.8 Å². The highest BCUT2D eigenvalue weighted by molar-refractivity contribution is 6.30. The second-order valence-electron chi connectivity index (χ2n) is 13.9. The molecular weight excluding hydrogens is 547 g/mol. The van der Waals surface area contributed by atoms with E-state index in [0.29, 0.717) is 49.7 Å². The van der Waals surface area contributed by atoms with E-state index in [0.717, 1.165) is 0 Å². The fourth-order valence-electron chi connectivity index (χ4n) is 5.78. The molecule has 2 aliphatic heterocycles. The van der Waals surface area contributed by atoms with E-state index in [9.17, 15) is 14.4 Å². The van der Waals surface area contributed by atoms with Gasteiger partial charge in [-0.1, -0.05) is 31.5 Å². The maximum atomic E-state index is 15.0. The van der Waals surface area contributed by atoms with E-state index in [2.05, 4.69) is 31.0 Å². The maximum Gasteiger partial charge on any atom is 0.408 e. The van der Waals surface area contributed by atoms with E-state index in [1.54, 1.807) is 37.8 Å². The van der Waals surface area contributed by atoms with Crippen LogP contribution in [0.1, 0.15) is 80.2 Å². The molecule has 1 N–H and O–H groups in total. The van der Waals surface area contributed by atoms with Crippen molar-refractivity contribution in [1.82, 2.24) is 20.0 Å². The number of rotatable bonds is 6. The highest BCUT2D eigenvalue weighted by Gasteiger charge is 2.45. The summed E-state index contributed by atoms with van der Waals surface area (Å²) in [5, 5.41) is 3.10. The van der Waals surface area contributed by atoms with Gasteiger partial charge in [0.05, 0.1) is 5.92 Å². The van der Waals surface area contributed by atoms with Gasteiger partial charge in [0.2, 0.25) is 11.8 Å². The summed E-state index contributed by atoms with van der Waals surface area (Å²) < 4.78 is 20.4. The first-order chi connectivity index (χ1) is 18.9. The Morgan fingerprint density at radius 2 is 1.73 bits per heavy atom. The Labute approximate surface area is 249 Å². The molecule has 0 aliphatic carbocycles. The van der Waals surface area contributed by atoms with Crippen molar-refractivity contribution in [3.8, 4) is 0 Å². The van der Waals surface area contributed by atoms with Gasteiger partial charge in [-0.05, 0) is 78.5 Å². The number of nitrogens with one attached hydrogen (secondary N) is 1. The van der Waals surface area contributed by atoms with E-state index < -0.39 is 29.5 Å². The van der Waals surface area contributed by atoms with Gasteiger partial charge in [-0.2, -0.15) is 0 Å². The molecule has 3 amide bonds. The first-order valence-electron chi connectivity index (χ1n) is 14.7. The number of benzene rings is 1. The Kier molecular flexibility index (Phi) is 10.4. The maximum absolute atomic E-state index is 15.0. The number of hydrogen-bond donors (Lipinski definition) is 1. The van der Waals surface area contributed by atoms with Crippen LogP contribution in [0.4, 0.5) is 9.18 Å². The highest BCUT2D eigenvalue weighted by atomic mass is 35.5. The van der Waals surface area contributed by atoms with Crippen molar-refractivity contribution in [3.63, 3.8) is 0 Å². The Bertz CT molecular complexity index is 1120. The molecule has 2 saturated heterocycles. The quantitative estimate of drug-likeness (QED) is 0.484. The number of nitrogens with zero attached hydrogens (tertiary/aromatic N) is 3. The van der Waals surface area contributed by atoms with E-state index in [1.807, 2.05) is 25.7 Å². The van der Waals surface area contributed by atoms with Gasteiger partial charge in [0.1, 0.15) is 17.5 Å². The van der Waals surface area contributed by atoms with Gasteiger partial charge in [-0.15, -0.1) is 0 Å². The summed E-state index contributed by atoms with van der Waals surface area (Å²) in [7, 11) is 0. The minimum Gasteiger partial charge on any atom is -0.444 e.